The smallest absolute Gasteiger partial charge is 0.289 e. The van der Waals surface area contributed by atoms with Gasteiger partial charge in [0.1, 0.15) is 11.1 Å². The summed E-state index contributed by atoms with van der Waals surface area (Å²) < 4.78 is 26.3. The number of halogens is 1. The number of nitro benzene ring substituents is 1. The van der Waals surface area contributed by atoms with E-state index in [1.165, 1.54) is 6.07 Å². The van der Waals surface area contributed by atoms with Crippen LogP contribution in [-0.2, 0) is 14.8 Å². The Balaban J connectivity index is 2.47. The first kappa shape index (κ1) is 16.7. The van der Waals surface area contributed by atoms with Gasteiger partial charge in [-0.3, -0.25) is 14.9 Å². The minimum atomic E-state index is -4.06. The van der Waals surface area contributed by atoms with Crippen LogP contribution in [0.3, 0.4) is 0 Å². The van der Waals surface area contributed by atoms with Crippen LogP contribution in [-0.4, -0.2) is 36.1 Å². The second-order valence-electron chi connectivity index (χ2n) is 4.90. The summed E-state index contributed by atoms with van der Waals surface area (Å²) in [6.45, 7) is 0.145. The van der Waals surface area contributed by atoms with Crippen molar-refractivity contribution in [2.75, 3.05) is 6.54 Å². The average molecular weight is 348 g/mol. The maximum Gasteiger partial charge on any atom is 0.289 e. The molecule has 1 aromatic rings. The number of rotatable bonds is 4. The van der Waals surface area contributed by atoms with Crippen molar-refractivity contribution in [3.63, 3.8) is 0 Å². The van der Waals surface area contributed by atoms with Crippen molar-refractivity contribution in [3.8, 4) is 0 Å². The Hall–Kier alpha value is -1.71. The van der Waals surface area contributed by atoms with Gasteiger partial charge in [0.25, 0.3) is 5.69 Å². The predicted octanol–water partition coefficient (Wildman–Crippen LogP) is 1.28. The summed E-state index contributed by atoms with van der Waals surface area (Å²) in [4.78, 5) is 21.3. The highest BCUT2D eigenvalue weighted by Gasteiger charge is 2.37. The molecule has 1 fully saturated rings. The third kappa shape index (κ3) is 3.06. The number of piperidine rings is 1. The highest BCUT2D eigenvalue weighted by atomic mass is 35.5. The molecule has 1 atom stereocenters. The van der Waals surface area contributed by atoms with E-state index < -0.39 is 32.6 Å². The van der Waals surface area contributed by atoms with Crippen LogP contribution >= 0.6 is 11.6 Å². The highest BCUT2D eigenvalue weighted by molar-refractivity contribution is 7.89. The Labute approximate surface area is 132 Å². The van der Waals surface area contributed by atoms with Gasteiger partial charge in [-0.2, -0.15) is 4.31 Å². The summed E-state index contributed by atoms with van der Waals surface area (Å²) in [5, 5.41) is 10.7. The molecular weight excluding hydrogens is 334 g/mol. The lowest BCUT2D eigenvalue weighted by Gasteiger charge is -2.32. The molecule has 0 radical (unpaired) electrons. The molecule has 1 saturated heterocycles. The number of sulfonamides is 1. The van der Waals surface area contributed by atoms with Crippen LogP contribution in [0, 0.1) is 10.1 Å². The van der Waals surface area contributed by atoms with Crippen LogP contribution in [0.4, 0.5) is 5.69 Å². The molecule has 1 heterocycles. The molecular formula is C12H14ClN3O5S. The molecule has 1 aliphatic heterocycles. The molecule has 120 valence electrons. The number of nitrogens with zero attached hydrogens (tertiary/aromatic N) is 2. The van der Waals surface area contributed by atoms with E-state index >= 15 is 0 Å². The number of amides is 1. The summed E-state index contributed by atoms with van der Waals surface area (Å²) in [6, 6.07) is 2.28. The number of hydrogen-bond donors (Lipinski definition) is 1. The normalized spacial score (nSPS) is 19.8. The van der Waals surface area contributed by atoms with Crippen LogP contribution in [0.15, 0.2) is 23.1 Å². The topological polar surface area (TPSA) is 124 Å². The maximum atomic E-state index is 12.6. The maximum absolute atomic E-state index is 12.6. The third-order valence-corrected chi connectivity index (χ3v) is 5.73. The molecule has 0 saturated carbocycles. The van der Waals surface area contributed by atoms with E-state index in [1.54, 1.807) is 0 Å². The van der Waals surface area contributed by atoms with Crippen LogP contribution in [0.25, 0.3) is 0 Å². The quantitative estimate of drug-likeness (QED) is 0.649. The number of nitro groups is 1. The fourth-order valence-electron chi connectivity index (χ4n) is 2.41. The predicted molar refractivity (Wildman–Crippen MR) is 78.8 cm³/mol. The van der Waals surface area contributed by atoms with E-state index in [9.17, 15) is 23.3 Å². The van der Waals surface area contributed by atoms with Crippen molar-refractivity contribution >= 4 is 33.2 Å². The molecule has 8 nitrogen and oxygen atoms in total. The Kier molecular flexibility index (Phi) is 4.69. The fourth-order valence-corrected chi connectivity index (χ4v) is 4.28. The number of nitrogens with two attached hydrogens (primary N) is 1. The van der Waals surface area contributed by atoms with Crippen molar-refractivity contribution in [2.24, 2.45) is 5.73 Å². The zero-order valence-corrected chi connectivity index (χ0v) is 13.0. The van der Waals surface area contributed by atoms with Gasteiger partial charge < -0.3 is 5.73 Å². The van der Waals surface area contributed by atoms with E-state index in [1.807, 2.05) is 0 Å². The molecule has 0 aromatic heterocycles. The Bertz CT molecular complexity index is 721. The minimum Gasteiger partial charge on any atom is -0.368 e. The Morgan fingerprint density at radius 1 is 1.41 bits per heavy atom. The van der Waals surface area contributed by atoms with Crippen molar-refractivity contribution < 1.29 is 18.1 Å². The number of hydrogen-bond acceptors (Lipinski definition) is 5. The Morgan fingerprint density at radius 2 is 2.09 bits per heavy atom. The second-order valence-corrected chi connectivity index (χ2v) is 7.20. The van der Waals surface area contributed by atoms with E-state index in [-0.39, 0.29) is 16.5 Å². The van der Waals surface area contributed by atoms with Gasteiger partial charge in [-0.05, 0) is 25.0 Å². The first-order valence-corrected chi connectivity index (χ1v) is 8.32. The zero-order valence-electron chi connectivity index (χ0n) is 11.4. The van der Waals surface area contributed by atoms with E-state index in [4.69, 9.17) is 17.3 Å². The van der Waals surface area contributed by atoms with Gasteiger partial charge in [0.2, 0.25) is 15.9 Å². The van der Waals surface area contributed by atoms with Crippen molar-refractivity contribution in [2.45, 2.75) is 30.2 Å². The van der Waals surface area contributed by atoms with Crippen molar-refractivity contribution in [1.82, 2.24) is 4.31 Å². The number of carbonyl (C=O) groups excluding carboxylic acids is 1. The lowest BCUT2D eigenvalue weighted by molar-refractivity contribution is -0.384. The van der Waals surface area contributed by atoms with Gasteiger partial charge in [0, 0.05) is 12.6 Å². The van der Waals surface area contributed by atoms with E-state index in [0.29, 0.717) is 19.3 Å². The molecule has 2 N–H and O–H groups in total. The standard InChI is InChI=1S/C12H14ClN3O5S/c13-9-5-4-8(7-11(9)16(18)19)22(20,21)15-6-2-1-3-10(15)12(14)17/h4-5,7,10H,1-3,6H2,(H2,14,17)/t10-/m0/s1. The summed E-state index contributed by atoms with van der Waals surface area (Å²) in [7, 11) is -4.06. The fraction of sp³-hybridized carbons (Fsp3) is 0.417. The van der Waals surface area contributed by atoms with Crippen LogP contribution in [0.2, 0.25) is 5.02 Å². The van der Waals surface area contributed by atoms with Crippen LogP contribution in [0.5, 0.6) is 0 Å². The first-order chi connectivity index (χ1) is 10.2. The van der Waals surface area contributed by atoms with Gasteiger partial charge in [0.05, 0.1) is 9.82 Å². The second kappa shape index (κ2) is 6.19. The number of benzene rings is 1. The molecule has 22 heavy (non-hydrogen) atoms. The summed E-state index contributed by atoms with van der Waals surface area (Å²) in [6.07, 6.45) is 1.63. The summed E-state index contributed by atoms with van der Waals surface area (Å²) >= 11 is 5.68. The molecule has 2 rings (SSSR count). The molecule has 10 heteroatoms. The molecule has 0 aliphatic carbocycles. The molecule has 0 bridgehead atoms. The van der Waals surface area contributed by atoms with Gasteiger partial charge in [-0.15, -0.1) is 0 Å². The SMILES string of the molecule is NC(=O)[C@@H]1CCCCN1S(=O)(=O)c1ccc(Cl)c([N+](=O)[O-])c1. The lowest BCUT2D eigenvalue weighted by Crippen LogP contribution is -2.50. The highest BCUT2D eigenvalue weighted by Crippen LogP contribution is 2.31. The average Bonchev–Trinajstić information content (AvgIpc) is 2.47. The monoisotopic (exact) mass is 347 g/mol. The number of carbonyl (C=O) groups is 1. The van der Waals surface area contributed by atoms with E-state index in [0.717, 1.165) is 16.4 Å². The van der Waals surface area contributed by atoms with Gasteiger partial charge >= 0.3 is 0 Å². The number of primary amides is 1. The van der Waals surface area contributed by atoms with E-state index in [2.05, 4.69) is 0 Å². The summed E-state index contributed by atoms with van der Waals surface area (Å²) in [5.74, 6) is -0.730. The lowest BCUT2D eigenvalue weighted by atomic mass is 10.0. The molecule has 0 spiro atoms. The van der Waals surface area contributed by atoms with Gasteiger partial charge in [-0.1, -0.05) is 18.0 Å². The van der Waals surface area contributed by atoms with Crippen molar-refractivity contribution in [3.05, 3.63) is 33.3 Å². The Morgan fingerprint density at radius 3 is 2.68 bits per heavy atom. The van der Waals surface area contributed by atoms with Crippen LogP contribution in [0.1, 0.15) is 19.3 Å². The molecule has 1 aromatic carbocycles. The van der Waals surface area contributed by atoms with Gasteiger partial charge in [-0.25, -0.2) is 8.42 Å². The first-order valence-electron chi connectivity index (χ1n) is 6.50. The summed E-state index contributed by atoms with van der Waals surface area (Å²) in [5.41, 5.74) is 4.76. The zero-order chi connectivity index (χ0) is 16.5. The molecule has 1 amide bonds. The molecule has 1 aliphatic rings. The largest absolute Gasteiger partial charge is 0.368 e. The minimum absolute atomic E-state index is 0.145. The molecule has 0 unspecified atom stereocenters. The van der Waals surface area contributed by atoms with Crippen molar-refractivity contribution in [1.29, 1.82) is 0 Å². The van der Waals surface area contributed by atoms with Crippen LogP contribution < -0.4 is 5.73 Å². The van der Waals surface area contributed by atoms with Gasteiger partial charge in [0.15, 0.2) is 0 Å². The third-order valence-electron chi connectivity index (χ3n) is 3.50.